The normalized spacial score (nSPS) is 17.3. The predicted octanol–water partition coefficient (Wildman–Crippen LogP) is 3.85. The average molecular weight is 301 g/mol. The van der Waals surface area contributed by atoms with E-state index < -0.39 is 26.9 Å². The van der Waals surface area contributed by atoms with Crippen LogP contribution in [0.4, 0.5) is 13.2 Å². The molecule has 0 saturated carbocycles. The molecule has 0 bridgehead atoms. The molecule has 1 atom stereocenters. The molecule has 0 amide bonds. The molecule has 4 nitrogen and oxygen atoms in total. The quantitative estimate of drug-likeness (QED) is 0.741. The van der Waals surface area contributed by atoms with Crippen LogP contribution in [0.3, 0.4) is 0 Å². The number of nitrogens with zero attached hydrogens (tertiary/aromatic N) is 2. The van der Waals surface area contributed by atoms with E-state index in [1.54, 1.807) is 0 Å². The van der Waals surface area contributed by atoms with Gasteiger partial charge in [-0.3, -0.25) is 4.57 Å². The van der Waals surface area contributed by atoms with Crippen molar-refractivity contribution in [2.75, 3.05) is 34.0 Å². The maximum absolute atomic E-state index is 11.9. The van der Waals surface area contributed by atoms with Crippen LogP contribution in [0.1, 0.15) is 0 Å². The molecule has 0 N–H and O–H groups in total. The summed E-state index contributed by atoms with van der Waals surface area (Å²) in [5.41, 5.74) is 0. The minimum absolute atomic E-state index is 1.16. The van der Waals surface area contributed by atoms with E-state index in [1.165, 1.54) is 27.4 Å². The fourth-order valence-electron chi connectivity index (χ4n) is 0.603. The summed E-state index contributed by atoms with van der Waals surface area (Å²) in [5, 5.41) is 0. The van der Waals surface area contributed by atoms with E-state index >= 15 is 0 Å². The van der Waals surface area contributed by atoms with Gasteiger partial charge in [0.1, 0.15) is 6.61 Å². The van der Waals surface area contributed by atoms with Gasteiger partial charge in [-0.25, -0.2) is 4.67 Å². The highest BCUT2D eigenvalue weighted by molar-refractivity contribution is 7.89. The van der Waals surface area contributed by atoms with Gasteiger partial charge in [0.25, 0.3) is 0 Å². The first kappa shape index (κ1) is 16.5. The van der Waals surface area contributed by atoms with Gasteiger partial charge in [-0.1, -0.05) is 0 Å². The number of halogens is 4. The summed E-state index contributed by atoms with van der Waals surface area (Å²) >= 11 is 5.59. The fraction of sp³-hybridized carbons (Fsp3) is 1.00. The molecule has 0 rings (SSSR count). The lowest BCUT2D eigenvalue weighted by Crippen LogP contribution is -2.15. The highest BCUT2D eigenvalue weighted by atomic mass is 35.7. The van der Waals surface area contributed by atoms with E-state index in [4.69, 9.17) is 11.2 Å². The van der Waals surface area contributed by atoms with Gasteiger partial charge >= 0.3 is 13.0 Å². The van der Waals surface area contributed by atoms with Gasteiger partial charge in [0.15, 0.2) is 0 Å². The molecule has 98 valence electrons. The Bertz CT molecular complexity index is 339. The fourth-order valence-corrected chi connectivity index (χ4v) is 5.50. The summed E-state index contributed by atoms with van der Waals surface area (Å²) < 4.78 is 56.8. The SMILES string of the molecule is CN(C)P(=O)(Cl)N=P(C)(C)OCC(F)(F)F. The lowest BCUT2D eigenvalue weighted by molar-refractivity contribution is -0.152. The van der Waals surface area contributed by atoms with Crippen LogP contribution in [-0.2, 0) is 9.09 Å². The molecule has 16 heavy (non-hydrogen) atoms. The molecule has 0 spiro atoms. The molecule has 1 unspecified atom stereocenters. The zero-order valence-corrected chi connectivity index (χ0v) is 11.9. The van der Waals surface area contributed by atoms with Crippen LogP contribution in [0.15, 0.2) is 4.52 Å². The first-order chi connectivity index (χ1) is 6.86. The molecular weight excluding hydrogens is 286 g/mol. The Hall–Kier alpha value is 0.460. The van der Waals surface area contributed by atoms with Crippen LogP contribution in [0, 0.1) is 0 Å². The topological polar surface area (TPSA) is 41.9 Å². The molecule has 10 heteroatoms. The van der Waals surface area contributed by atoms with Gasteiger partial charge < -0.3 is 4.52 Å². The Morgan fingerprint density at radius 2 is 1.81 bits per heavy atom. The minimum Gasteiger partial charge on any atom is -0.335 e. The third-order valence-electron chi connectivity index (χ3n) is 1.36. The standard InChI is InChI=1S/C6H14ClF3N2O2P2/c1-12(2)16(7,13)11-15(3,4)14-5-6(8,9)10/h5H2,1-4H3. The van der Waals surface area contributed by atoms with Gasteiger partial charge in [0.2, 0.25) is 0 Å². The third-order valence-corrected chi connectivity index (χ3v) is 7.23. The smallest absolute Gasteiger partial charge is 0.335 e. The van der Waals surface area contributed by atoms with E-state index in [9.17, 15) is 17.7 Å². The highest BCUT2D eigenvalue weighted by Crippen LogP contribution is 2.63. The van der Waals surface area contributed by atoms with Crippen molar-refractivity contribution >= 4 is 25.3 Å². The zero-order valence-electron chi connectivity index (χ0n) is 9.32. The Morgan fingerprint density at radius 1 is 1.38 bits per heavy atom. The number of alkyl halides is 3. The second-order valence-corrected chi connectivity index (χ2v) is 10.2. The van der Waals surface area contributed by atoms with Gasteiger partial charge in [-0.15, -0.1) is 0 Å². The molecule has 0 radical (unpaired) electrons. The van der Waals surface area contributed by atoms with Gasteiger partial charge in [0.05, 0.1) is 7.28 Å². The Kier molecular flexibility index (Phi) is 5.56. The van der Waals surface area contributed by atoms with E-state index in [2.05, 4.69) is 9.04 Å². The summed E-state index contributed by atoms with van der Waals surface area (Å²) in [6, 6.07) is 0. The number of rotatable bonds is 4. The van der Waals surface area contributed by atoms with Crippen LogP contribution < -0.4 is 0 Å². The van der Waals surface area contributed by atoms with Crippen LogP contribution >= 0.6 is 25.3 Å². The van der Waals surface area contributed by atoms with E-state index in [1.807, 2.05) is 0 Å². The maximum atomic E-state index is 11.9. The van der Waals surface area contributed by atoms with Crippen molar-refractivity contribution in [2.24, 2.45) is 4.52 Å². The molecule has 0 aromatic heterocycles. The molecule has 0 aliphatic heterocycles. The number of hydrogen-bond acceptors (Lipinski definition) is 2. The molecule has 0 fully saturated rings. The molecular formula is C6H14ClF3N2O2P2. The minimum atomic E-state index is -4.43. The summed E-state index contributed by atoms with van der Waals surface area (Å²) in [4.78, 5) is 0. The summed E-state index contributed by atoms with van der Waals surface area (Å²) in [6.07, 6.45) is -4.43. The first-order valence-corrected chi connectivity index (χ1v) is 9.20. The van der Waals surface area contributed by atoms with Crippen molar-refractivity contribution in [3.63, 3.8) is 0 Å². The molecule has 0 aliphatic carbocycles. The zero-order chi connectivity index (χ0) is 13.2. The van der Waals surface area contributed by atoms with E-state index in [0.29, 0.717) is 0 Å². The van der Waals surface area contributed by atoms with Gasteiger partial charge in [0, 0.05) is 0 Å². The molecule has 0 aliphatic rings. The second kappa shape index (κ2) is 5.40. The predicted molar refractivity (Wildman–Crippen MR) is 60.3 cm³/mol. The van der Waals surface area contributed by atoms with Gasteiger partial charge in [-0.2, -0.15) is 17.7 Å². The Labute approximate surface area is 97.5 Å². The van der Waals surface area contributed by atoms with Crippen molar-refractivity contribution in [1.29, 1.82) is 0 Å². The Morgan fingerprint density at radius 3 is 2.12 bits per heavy atom. The molecule has 0 saturated heterocycles. The highest BCUT2D eigenvalue weighted by Gasteiger charge is 2.31. The number of hydrogen-bond donors (Lipinski definition) is 0. The lowest BCUT2D eigenvalue weighted by Gasteiger charge is -2.20. The summed E-state index contributed by atoms with van der Waals surface area (Å²) in [7, 11) is 0.117. The van der Waals surface area contributed by atoms with Crippen molar-refractivity contribution in [3.8, 4) is 0 Å². The van der Waals surface area contributed by atoms with Crippen LogP contribution in [0.5, 0.6) is 0 Å². The molecule has 0 aromatic rings. The second-order valence-electron chi connectivity index (χ2n) is 3.59. The van der Waals surface area contributed by atoms with Crippen LogP contribution in [-0.4, -0.2) is 44.9 Å². The summed E-state index contributed by atoms with van der Waals surface area (Å²) in [6.45, 7) is -2.15. The Balaban J connectivity index is 4.79. The average Bonchev–Trinajstić information content (AvgIpc) is 1.97. The van der Waals surface area contributed by atoms with E-state index in [-0.39, 0.29) is 0 Å². The van der Waals surface area contributed by atoms with E-state index in [0.717, 1.165) is 4.67 Å². The maximum Gasteiger partial charge on any atom is 0.412 e. The molecule has 0 aromatic carbocycles. The summed E-state index contributed by atoms with van der Waals surface area (Å²) in [5.74, 6) is 0. The van der Waals surface area contributed by atoms with Crippen molar-refractivity contribution in [2.45, 2.75) is 6.18 Å². The van der Waals surface area contributed by atoms with Crippen LogP contribution in [0.25, 0.3) is 0 Å². The van der Waals surface area contributed by atoms with Crippen molar-refractivity contribution in [3.05, 3.63) is 0 Å². The van der Waals surface area contributed by atoms with Crippen LogP contribution in [0.2, 0.25) is 0 Å². The van der Waals surface area contributed by atoms with Gasteiger partial charge in [-0.05, 0) is 38.7 Å². The molecule has 0 heterocycles. The first-order valence-electron chi connectivity index (χ1n) is 4.13. The van der Waals surface area contributed by atoms with Crippen molar-refractivity contribution in [1.82, 2.24) is 4.67 Å². The monoisotopic (exact) mass is 300 g/mol. The largest absolute Gasteiger partial charge is 0.412 e. The lowest BCUT2D eigenvalue weighted by atomic mass is 10.7. The third kappa shape index (κ3) is 6.92. The van der Waals surface area contributed by atoms with Crippen molar-refractivity contribution < 1.29 is 22.3 Å².